The summed E-state index contributed by atoms with van der Waals surface area (Å²) in [7, 11) is 0. The van der Waals surface area contributed by atoms with E-state index in [-0.39, 0.29) is 5.56 Å². The Labute approximate surface area is 95.9 Å². The first-order chi connectivity index (χ1) is 8.16. The predicted molar refractivity (Wildman–Crippen MR) is 57.2 cm³/mol. The molecule has 0 saturated heterocycles. The molecule has 0 aliphatic heterocycles. The van der Waals surface area contributed by atoms with Crippen LogP contribution in [-0.2, 0) is 6.54 Å². The van der Waals surface area contributed by atoms with Crippen molar-refractivity contribution in [2.75, 3.05) is 5.32 Å². The highest BCUT2D eigenvalue weighted by Crippen LogP contribution is 2.15. The van der Waals surface area contributed by atoms with Gasteiger partial charge >= 0.3 is 5.97 Å². The van der Waals surface area contributed by atoms with E-state index in [0.29, 0.717) is 18.0 Å². The number of hydrogen-bond acceptors (Lipinski definition) is 4. The van der Waals surface area contributed by atoms with Crippen LogP contribution in [0, 0.1) is 5.82 Å². The molecule has 2 N–H and O–H groups in total. The molecule has 6 heteroatoms. The molecule has 0 unspecified atom stereocenters. The van der Waals surface area contributed by atoms with E-state index in [1.807, 2.05) is 0 Å². The standard InChI is InChI=1S/C11H9FN2O3/c12-10-2-1-7(3-9(10)11(15)16)14-5-8-4-13-6-17-8/h1-4,6,14H,5H2,(H,15,16). The third kappa shape index (κ3) is 2.60. The highest BCUT2D eigenvalue weighted by Gasteiger charge is 2.10. The number of benzene rings is 1. The molecule has 0 bridgehead atoms. The van der Waals surface area contributed by atoms with Gasteiger partial charge in [0.2, 0.25) is 0 Å². The Morgan fingerprint density at radius 2 is 2.35 bits per heavy atom. The molecule has 2 aromatic rings. The number of aromatic nitrogens is 1. The summed E-state index contributed by atoms with van der Waals surface area (Å²) in [4.78, 5) is 14.4. The number of oxazole rings is 1. The number of aromatic carboxylic acids is 1. The summed E-state index contributed by atoms with van der Waals surface area (Å²) in [6.07, 6.45) is 2.83. The molecule has 0 spiro atoms. The Bertz CT molecular complexity index is 526. The quantitative estimate of drug-likeness (QED) is 0.850. The summed E-state index contributed by atoms with van der Waals surface area (Å²) < 4.78 is 18.1. The number of nitrogens with one attached hydrogen (secondary N) is 1. The predicted octanol–water partition coefficient (Wildman–Crippen LogP) is 2.12. The zero-order chi connectivity index (χ0) is 12.3. The zero-order valence-electron chi connectivity index (χ0n) is 8.68. The van der Waals surface area contributed by atoms with Gasteiger partial charge in [-0.15, -0.1) is 0 Å². The SMILES string of the molecule is O=C(O)c1cc(NCc2cnco2)ccc1F. The third-order valence-electron chi connectivity index (χ3n) is 2.15. The second-order valence-corrected chi connectivity index (χ2v) is 3.32. The molecule has 0 atom stereocenters. The van der Waals surface area contributed by atoms with Crippen LogP contribution < -0.4 is 5.32 Å². The normalized spacial score (nSPS) is 10.2. The van der Waals surface area contributed by atoms with Gasteiger partial charge in [0.1, 0.15) is 11.6 Å². The van der Waals surface area contributed by atoms with Crippen molar-refractivity contribution in [1.82, 2.24) is 4.98 Å². The second kappa shape index (κ2) is 4.65. The van der Waals surface area contributed by atoms with Gasteiger partial charge in [-0.25, -0.2) is 14.2 Å². The number of rotatable bonds is 4. The number of carboxylic acid groups (broad SMARTS) is 1. The molecular formula is C11H9FN2O3. The van der Waals surface area contributed by atoms with E-state index in [0.717, 1.165) is 6.07 Å². The third-order valence-corrected chi connectivity index (χ3v) is 2.15. The molecule has 1 aromatic heterocycles. The minimum absolute atomic E-state index is 0.352. The average molecular weight is 236 g/mol. The zero-order valence-corrected chi connectivity index (χ0v) is 8.68. The fourth-order valence-electron chi connectivity index (χ4n) is 1.32. The summed E-state index contributed by atoms with van der Waals surface area (Å²) in [6, 6.07) is 3.79. The van der Waals surface area contributed by atoms with E-state index in [4.69, 9.17) is 9.52 Å². The van der Waals surface area contributed by atoms with Crippen molar-refractivity contribution >= 4 is 11.7 Å². The van der Waals surface area contributed by atoms with Crippen molar-refractivity contribution in [2.24, 2.45) is 0 Å². The van der Waals surface area contributed by atoms with E-state index in [2.05, 4.69) is 10.3 Å². The fraction of sp³-hybridized carbons (Fsp3) is 0.0909. The maximum absolute atomic E-state index is 13.1. The molecule has 17 heavy (non-hydrogen) atoms. The van der Waals surface area contributed by atoms with Crippen LogP contribution in [-0.4, -0.2) is 16.1 Å². The molecule has 1 aromatic carbocycles. The van der Waals surface area contributed by atoms with Gasteiger partial charge < -0.3 is 14.8 Å². The van der Waals surface area contributed by atoms with Gasteiger partial charge in [-0.2, -0.15) is 0 Å². The van der Waals surface area contributed by atoms with Crippen LogP contribution in [0.3, 0.4) is 0 Å². The van der Waals surface area contributed by atoms with Crippen molar-refractivity contribution in [2.45, 2.75) is 6.54 Å². The molecule has 1 heterocycles. The highest BCUT2D eigenvalue weighted by molar-refractivity contribution is 5.89. The van der Waals surface area contributed by atoms with Gasteiger partial charge in [0.25, 0.3) is 0 Å². The molecular weight excluding hydrogens is 227 g/mol. The molecule has 0 fully saturated rings. The van der Waals surface area contributed by atoms with E-state index in [1.54, 1.807) is 0 Å². The first kappa shape index (κ1) is 11.1. The Hall–Kier alpha value is -2.37. The highest BCUT2D eigenvalue weighted by atomic mass is 19.1. The number of carbonyl (C=O) groups is 1. The minimum Gasteiger partial charge on any atom is -0.478 e. The lowest BCUT2D eigenvalue weighted by Crippen LogP contribution is -2.04. The van der Waals surface area contributed by atoms with Crippen molar-refractivity contribution in [3.63, 3.8) is 0 Å². The lowest BCUT2D eigenvalue weighted by Gasteiger charge is -2.05. The van der Waals surface area contributed by atoms with Gasteiger partial charge in [-0.05, 0) is 18.2 Å². The molecule has 0 aliphatic carbocycles. The topological polar surface area (TPSA) is 75.4 Å². The van der Waals surface area contributed by atoms with Crippen molar-refractivity contribution in [3.8, 4) is 0 Å². The lowest BCUT2D eigenvalue weighted by molar-refractivity contribution is 0.0692. The number of halogens is 1. The van der Waals surface area contributed by atoms with Crippen LogP contribution in [0.4, 0.5) is 10.1 Å². The Kier molecular flexibility index (Phi) is 3.04. The first-order valence-corrected chi connectivity index (χ1v) is 4.81. The van der Waals surface area contributed by atoms with Gasteiger partial charge in [0.15, 0.2) is 6.39 Å². The molecule has 0 aliphatic rings. The molecule has 2 rings (SSSR count). The largest absolute Gasteiger partial charge is 0.478 e. The fourth-order valence-corrected chi connectivity index (χ4v) is 1.32. The van der Waals surface area contributed by atoms with Crippen LogP contribution in [0.25, 0.3) is 0 Å². The van der Waals surface area contributed by atoms with Crippen molar-refractivity contribution in [3.05, 3.63) is 47.9 Å². The molecule has 5 nitrogen and oxygen atoms in total. The molecule has 0 saturated carbocycles. The van der Waals surface area contributed by atoms with Gasteiger partial charge in [-0.3, -0.25) is 0 Å². The molecule has 0 radical (unpaired) electrons. The van der Waals surface area contributed by atoms with E-state index in [1.165, 1.54) is 24.7 Å². The van der Waals surface area contributed by atoms with E-state index < -0.39 is 11.8 Å². The maximum atomic E-state index is 13.1. The lowest BCUT2D eigenvalue weighted by atomic mass is 10.2. The summed E-state index contributed by atoms with van der Waals surface area (Å²) >= 11 is 0. The van der Waals surface area contributed by atoms with Crippen molar-refractivity contribution < 1.29 is 18.7 Å². The van der Waals surface area contributed by atoms with Crippen LogP contribution in [0.5, 0.6) is 0 Å². The van der Waals surface area contributed by atoms with Crippen LogP contribution >= 0.6 is 0 Å². The summed E-state index contributed by atoms with van der Waals surface area (Å²) in [5, 5.41) is 11.7. The van der Waals surface area contributed by atoms with Crippen molar-refractivity contribution in [1.29, 1.82) is 0 Å². The molecule has 0 amide bonds. The Morgan fingerprint density at radius 3 is 3.00 bits per heavy atom. The number of carboxylic acids is 1. The van der Waals surface area contributed by atoms with Crippen LogP contribution in [0.2, 0.25) is 0 Å². The second-order valence-electron chi connectivity index (χ2n) is 3.32. The summed E-state index contributed by atoms with van der Waals surface area (Å²) in [5.41, 5.74) is 0.132. The Balaban J connectivity index is 2.11. The smallest absolute Gasteiger partial charge is 0.338 e. The van der Waals surface area contributed by atoms with E-state index >= 15 is 0 Å². The minimum atomic E-state index is -1.30. The van der Waals surface area contributed by atoms with Gasteiger partial charge in [0, 0.05) is 5.69 Å². The number of hydrogen-bond donors (Lipinski definition) is 2. The summed E-state index contributed by atoms with van der Waals surface area (Å²) in [6.45, 7) is 0.352. The monoisotopic (exact) mass is 236 g/mol. The van der Waals surface area contributed by atoms with Crippen LogP contribution in [0.1, 0.15) is 16.1 Å². The molecule has 88 valence electrons. The maximum Gasteiger partial charge on any atom is 0.338 e. The Morgan fingerprint density at radius 1 is 1.53 bits per heavy atom. The van der Waals surface area contributed by atoms with E-state index in [9.17, 15) is 9.18 Å². The number of anilines is 1. The van der Waals surface area contributed by atoms with Gasteiger partial charge in [-0.1, -0.05) is 0 Å². The summed E-state index contributed by atoms with van der Waals surface area (Å²) in [5.74, 6) is -1.46. The van der Waals surface area contributed by atoms with Crippen LogP contribution in [0.15, 0.2) is 35.2 Å². The average Bonchev–Trinajstić information content (AvgIpc) is 2.80. The first-order valence-electron chi connectivity index (χ1n) is 4.81. The van der Waals surface area contributed by atoms with Gasteiger partial charge in [0.05, 0.1) is 18.3 Å². The number of nitrogens with zero attached hydrogens (tertiary/aromatic N) is 1.